The van der Waals surface area contributed by atoms with Gasteiger partial charge in [-0.15, -0.1) is 0 Å². The molecular formula is C12H22O. The SMILES string of the molecule is CC(C)C1CCC(/C=C/CO)CC1. The predicted molar refractivity (Wildman–Crippen MR) is 56.5 cm³/mol. The molecule has 1 aliphatic rings. The second-order valence-electron chi connectivity index (χ2n) is 4.53. The van der Waals surface area contributed by atoms with Crippen molar-refractivity contribution in [3.8, 4) is 0 Å². The standard InChI is InChI=1S/C12H22O/c1-10(2)12-7-5-11(6-8-12)4-3-9-13/h3-4,10-13H,5-9H2,1-2H3/b4-3+. The number of rotatable bonds is 3. The summed E-state index contributed by atoms with van der Waals surface area (Å²) in [6.45, 7) is 4.85. The van der Waals surface area contributed by atoms with E-state index in [-0.39, 0.29) is 6.61 Å². The third-order valence-electron chi connectivity index (χ3n) is 3.27. The zero-order chi connectivity index (χ0) is 9.68. The summed E-state index contributed by atoms with van der Waals surface area (Å²) >= 11 is 0. The highest BCUT2D eigenvalue weighted by molar-refractivity contribution is 4.91. The van der Waals surface area contributed by atoms with E-state index in [0.29, 0.717) is 0 Å². The Morgan fingerprint density at radius 3 is 2.31 bits per heavy atom. The summed E-state index contributed by atoms with van der Waals surface area (Å²) in [6, 6.07) is 0. The zero-order valence-electron chi connectivity index (χ0n) is 8.87. The molecule has 0 aromatic rings. The molecule has 0 bridgehead atoms. The monoisotopic (exact) mass is 182 g/mol. The molecule has 0 amide bonds. The third-order valence-corrected chi connectivity index (χ3v) is 3.27. The van der Waals surface area contributed by atoms with E-state index >= 15 is 0 Å². The van der Waals surface area contributed by atoms with Gasteiger partial charge in [0.05, 0.1) is 6.61 Å². The number of aliphatic hydroxyl groups excluding tert-OH is 1. The van der Waals surface area contributed by atoms with Crippen LogP contribution in [0.4, 0.5) is 0 Å². The van der Waals surface area contributed by atoms with Crippen molar-refractivity contribution in [1.82, 2.24) is 0 Å². The molecule has 0 unspecified atom stereocenters. The van der Waals surface area contributed by atoms with Gasteiger partial charge in [-0.25, -0.2) is 0 Å². The van der Waals surface area contributed by atoms with Crippen molar-refractivity contribution in [1.29, 1.82) is 0 Å². The van der Waals surface area contributed by atoms with Crippen LogP contribution in [0, 0.1) is 17.8 Å². The molecule has 0 radical (unpaired) electrons. The summed E-state index contributed by atoms with van der Waals surface area (Å²) in [4.78, 5) is 0. The third kappa shape index (κ3) is 3.51. The molecule has 13 heavy (non-hydrogen) atoms. The van der Waals surface area contributed by atoms with Crippen molar-refractivity contribution in [3.05, 3.63) is 12.2 Å². The first-order chi connectivity index (χ1) is 6.24. The molecule has 1 saturated carbocycles. The summed E-state index contributed by atoms with van der Waals surface area (Å²) in [6.07, 6.45) is 9.46. The van der Waals surface area contributed by atoms with E-state index in [1.807, 2.05) is 6.08 Å². The molecule has 1 N–H and O–H groups in total. The fourth-order valence-electron chi connectivity index (χ4n) is 2.26. The van der Waals surface area contributed by atoms with Gasteiger partial charge in [-0.05, 0) is 43.4 Å². The van der Waals surface area contributed by atoms with E-state index in [1.165, 1.54) is 25.7 Å². The lowest BCUT2D eigenvalue weighted by molar-refractivity contribution is 0.247. The molecule has 0 spiro atoms. The molecule has 76 valence electrons. The average Bonchev–Trinajstić information content (AvgIpc) is 2.15. The van der Waals surface area contributed by atoms with Crippen molar-refractivity contribution < 1.29 is 5.11 Å². The predicted octanol–water partition coefficient (Wildman–Crippen LogP) is 3.00. The number of hydrogen-bond acceptors (Lipinski definition) is 1. The second-order valence-corrected chi connectivity index (χ2v) is 4.53. The summed E-state index contributed by atoms with van der Waals surface area (Å²) in [5, 5.41) is 8.65. The maximum atomic E-state index is 8.65. The molecule has 0 aromatic carbocycles. The minimum Gasteiger partial charge on any atom is -0.392 e. The number of aliphatic hydroxyl groups is 1. The van der Waals surface area contributed by atoms with Crippen molar-refractivity contribution in [2.24, 2.45) is 17.8 Å². The Morgan fingerprint density at radius 1 is 1.23 bits per heavy atom. The Bertz CT molecular complexity index is 153. The van der Waals surface area contributed by atoms with Gasteiger partial charge in [0.1, 0.15) is 0 Å². The molecule has 1 rings (SSSR count). The Balaban J connectivity index is 2.26. The van der Waals surface area contributed by atoms with Crippen molar-refractivity contribution >= 4 is 0 Å². The number of allylic oxidation sites excluding steroid dienone is 1. The van der Waals surface area contributed by atoms with E-state index in [0.717, 1.165) is 17.8 Å². The van der Waals surface area contributed by atoms with Gasteiger partial charge in [-0.3, -0.25) is 0 Å². The molecule has 0 aliphatic heterocycles. The molecule has 1 aliphatic carbocycles. The Morgan fingerprint density at radius 2 is 1.85 bits per heavy atom. The van der Waals surface area contributed by atoms with E-state index in [4.69, 9.17) is 5.11 Å². The van der Waals surface area contributed by atoms with Crippen LogP contribution >= 0.6 is 0 Å². The lowest BCUT2D eigenvalue weighted by Gasteiger charge is -2.29. The molecule has 1 fully saturated rings. The van der Waals surface area contributed by atoms with Crippen LogP contribution in [0.25, 0.3) is 0 Å². The maximum absolute atomic E-state index is 8.65. The van der Waals surface area contributed by atoms with Crippen LogP contribution in [0.2, 0.25) is 0 Å². The fraction of sp³-hybridized carbons (Fsp3) is 0.833. The lowest BCUT2D eigenvalue weighted by atomic mass is 9.77. The molecule has 0 atom stereocenters. The summed E-state index contributed by atoms with van der Waals surface area (Å²) in [7, 11) is 0. The van der Waals surface area contributed by atoms with Gasteiger partial charge in [0, 0.05) is 0 Å². The highest BCUT2D eigenvalue weighted by atomic mass is 16.2. The minimum atomic E-state index is 0.199. The molecule has 0 aromatic heterocycles. The zero-order valence-corrected chi connectivity index (χ0v) is 8.87. The Labute approximate surface area is 81.9 Å². The molecular weight excluding hydrogens is 160 g/mol. The average molecular weight is 182 g/mol. The van der Waals surface area contributed by atoms with Crippen LogP contribution in [0.3, 0.4) is 0 Å². The second kappa shape index (κ2) is 5.43. The highest BCUT2D eigenvalue weighted by Crippen LogP contribution is 2.33. The van der Waals surface area contributed by atoms with Crippen molar-refractivity contribution in [3.63, 3.8) is 0 Å². The van der Waals surface area contributed by atoms with Crippen LogP contribution in [-0.4, -0.2) is 11.7 Å². The van der Waals surface area contributed by atoms with Crippen LogP contribution in [0.5, 0.6) is 0 Å². The van der Waals surface area contributed by atoms with Crippen molar-refractivity contribution in [2.75, 3.05) is 6.61 Å². The van der Waals surface area contributed by atoms with Gasteiger partial charge in [0.2, 0.25) is 0 Å². The molecule has 0 heterocycles. The molecule has 1 heteroatoms. The number of hydrogen-bond donors (Lipinski definition) is 1. The normalized spacial score (nSPS) is 30.2. The van der Waals surface area contributed by atoms with Crippen LogP contribution in [-0.2, 0) is 0 Å². The van der Waals surface area contributed by atoms with E-state index in [1.54, 1.807) is 0 Å². The summed E-state index contributed by atoms with van der Waals surface area (Å²) in [5.41, 5.74) is 0. The highest BCUT2D eigenvalue weighted by Gasteiger charge is 2.21. The fourth-order valence-corrected chi connectivity index (χ4v) is 2.26. The Kier molecular flexibility index (Phi) is 4.51. The van der Waals surface area contributed by atoms with Crippen molar-refractivity contribution in [2.45, 2.75) is 39.5 Å². The topological polar surface area (TPSA) is 20.2 Å². The van der Waals surface area contributed by atoms with Gasteiger partial charge in [-0.1, -0.05) is 26.0 Å². The van der Waals surface area contributed by atoms with E-state index < -0.39 is 0 Å². The van der Waals surface area contributed by atoms with E-state index in [2.05, 4.69) is 19.9 Å². The van der Waals surface area contributed by atoms with Gasteiger partial charge in [0.15, 0.2) is 0 Å². The quantitative estimate of drug-likeness (QED) is 0.665. The molecule has 1 nitrogen and oxygen atoms in total. The largest absolute Gasteiger partial charge is 0.392 e. The van der Waals surface area contributed by atoms with Gasteiger partial charge in [-0.2, -0.15) is 0 Å². The van der Waals surface area contributed by atoms with Crippen LogP contribution < -0.4 is 0 Å². The van der Waals surface area contributed by atoms with Gasteiger partial charge in [0.25, 0.3) is 0 Å². The van der Waals surface area contributed by atoms with Gasteiger partial charge >= 0.3 is 0 Å². The first-order valence-corrected chi connectivity index (χ1v) is 5.51. The summed E-state index contributed by atoms with van der Waals surface area (Å²) < 4.78 is 0. The first kappa shape index (κ1) is 10.8. The van der Waals surface area contributed by atoms with E-state index in [9.17, 15) is 0 Å². The Hall–Kier alpha value is -0.300. The van der Waals surface area contributed by atoms with Gasteiger partial charge < -0.3 is 5.11 Å². The van der Waals surface area contributed by atoms with Crippen LogP contribution in [0.1, 0.15) is 39.5 Å². The minimum absolute atomic E-state index is 0.199. The lowest BCUT2D eigenvalue weighted by Crippen LogP contribution is -2.17. The molecule has 0 saturated heterocycles. The maximum Gasteiger partial charge on any atom is 0.0612 e. The first-order valence-electron chi connectivity index (χ1n) is 5.51. The smallest absolute Gasteiger partial charge is 0.0612 e. The summed E-state index contributed by atoms with van der Waals surface area (Å²) in [5.74, 6) is 2.53. The van der Waals surface area contributed by atoms with Crippen LogP contribution in [0.15, 0.2) is 12.2 Å².